The number of hydrogen-bond acceptors (Lipinski definition) is 3. The second kappa shape index (κ2) is 5.51. The number of nitrogens with one attached hydrogen (secondary N) is 2. The molecule has 3 nitrogen and oxygen atoms in total. The number of H-pyrrole nitrogens is 1. The third-order valence-corrected chi connectivity index (χ3v) is 3.66. The first-order valence-corrected chi connectivity index (χ1v) is 7.05. The van der Waals surface area contributed by atoms with Crippen molar-refractivity contribution in [1.29, 1.82) is 0 Å². The highest BCUT2D eigenvalue weighted by Crippen LogP contribution is 2.21. The molecule has 4 heteroatoms. The first kappa shape index (κ1) is 12.9. The van der Waals surface area contributed by atoms with E-state index in [9.17, 15) is 0 Å². The number of rotatable bonds is 4. The molecule has 0 aliphatic heterocycles. The monoisotopic (exact) mass is 283 g/mol. The molecule has 0 amide bonds. The molecule has 1 heterocycles. The molecule has 0 aliphatic carbocycles. The molecule has 3 rings (SSSR count). The van der Waals surface area contributed by atoms with Crippen molar-refractivity contribution in [3.05, 3.63) is 54.2 Å². The van der Waals surface area contributed by atoms with Gasteiger partial charge in [0.2, 0.25) is 0 Å². The first-order chi connectivity index (χ1) is 9.72. The van der Waals surface area contributed by atoms with Gasteiger partial charge >= 0.3 is 0 Å². The maximum atomic E-state index is 5.67. The molecule has 0 saturated carbocycles. The molecule has 0 bridgehead atoms. The van der Waals surface area contributed by atoms with Gasteiger partial charge in [-0.25, -0.2) is 0 Å². The van der Waals surface area contributed by atoms with Crippen molar-refractivity contribution in [3.8, 4) is 0 Å². The lowest BCUT2D eigenvalue weighted by molar-refractivity contribution is 1.03. The molecule has 0 spiro atoms. The molecular formula is C16H17N3S. The quantitative estimate of drug-likeness (QED) is 0.436. The van der Waals surface area contributed by atoms with Crippen molar-refractivity contribution < 1.29 is 0 Å². The van der Waals surface area contributed by atoms with Crippen LogP contribution in [0.5, 0.6) is 0 Å². The minimum absolute atomic E-state index is 0.787. The Labute approximate surface area is 123 Å². The fraction of sp³-hybridized carbons (Fsp3) is 0.125. The highest BCUT2D eigenvalue weighted by Gasteiger charge is 2.03. The van der Waals surface area contributed by atoms with E-state index in [4.69, 9.17) is 5.73 Å². The van der Waals surface area contributed by atoms with Gasteiger partial charge in [0.15, 0.2) is 0 Å². The van der Waals surface area contributed by atoms with Crippen molar-refractivity contribution in [3.63, 3.8) is 0 Å². The van der Waals surface area contributed by atoms with Crippen LogP contribution >= 0.6 is 12.6 Å². The van der Waals surface area contributed by atoms with E-state index in [-0.39, 0.29) is 0 Å². The van der Waals surface area contributed by atoms with E-state index < -0.39 is 0 Å². The average molecular weight is 283 g/mol. The van der Waals surface area contributed by atoms with Gasteiger partial charge in [-0.15, -0.1) is 12.6 Å². The molecule has 0 unspecified atom stereocenters. The Morgan fingerprint density at radius 2 is 1.90 bits per heavy atom. The summed E-state index contributed by atoms with van der Waals surface area (Å²) in [5.41, 5.74) is 10.0. The summed E-state index contributed by atoms with van der Waals surface area (Å²) < 4.78 is 0. The molecule has 0 saturated heterocycles. The summed E-state index contributed by atoms with van der Waals surface area (Å²) in [5.74, 6) is 0. The number of thiol groups is 1. The zero-order chi connectivity index (χ0) is 13.9. The highest BCUT2D eigenvalue weighted by atomic mass is 32.1. The minimum Gasteiger partial charge on any atom is -0.399 e. The van der Waals surface area contributed by atoms with Crippen LogP contribution in [0.15, 0.2) is 53.6 Å². The van der Waals surface area contributed by atoms with E-state index >= 15 is 0 Å². The Bertz CT molecular complexity index is 716. The molecule has 2 aromatic carbocycles. The van der Waals surface area contributed by atoms with Gasteiger partial charge in [0, 0.05) is 39.9 Å². The number of aromatic nitrogens is 1. The Balaban J connectivity index is 1.66. The van der Waals surface area contributed by atoms with Gasteiger partial charge in [-0.1, -0.05) is 6.07 Å². The summed E-state index contributed by atoms with van der Waals surface area (Å²) in [6, 6.07) is 14.0. The Morgan fingerprint density at radius 3 is 2.70 bits per heavy atom. The van der Waals surface area contributed by atoms with Gasteiger partial charge in [0.05, 0.1) is 0 Å². The maximum absolute atomic E-state index is 5.67. The van der Waals surface area contributed by atoms with Crippen LogP contribution in [-0.2, 0) is 6.42 Å². The van der Waals surface area contributed by atoms with Gasteiger partial charge < -0.3 is 16.0 Å². The molecule has 20 heavy (non-hydrogen) atoms. The van der Waals surface area contributed by atoms with E-state index in [2.05, 4.69) is 41.3 Å². The van der Waals surface area contributed by atoms with Crippen LogP contribution in [0.3, 0.4) is 0 Å². The summed E-state index contributed by atoms with van der Waals surface area (Å²) in [5, 5.41) is 4.67. The topological polar surface area (TPSA) is 53.8 Å². The van der Waals surface area contributed by atoms with E-state index in [1.165, 1.54) is 10.9 Å². The van der Waals surface area contributed by atoms with Crippen LogP contribution in [0.1, 0.15) is 5.56 Å². The molecule has 1 aromatic heterocycles. The van der Waals surface area contributed by atoms with E-state index in [0.29, 0.717) is 0 Å². The van der Waals surface area contributed by atoms with Crippen molar-refractivity contribution in [2.45, 2.75) is 11.3 Å². The predicted molar refractivity (Wildman–Crippen MR) is 88.6 cm³/mol. The highest BCUT2D eigenvalue weighted by molar-refractivity contribution is 7.80. The molecular weight excluding hydrogens is 266 g/mol. The number of benzene rings is 2. The Kier molecular flexibility index (Phi) is 3.56. The van der Waals surface area contributed by atoms with Gasteiger partial charge in [0.1, 0.15) is 0 Å². The number of aromatic amines is 1. The third kappa shape index (κ3) is 2.75. The summed E-state index contributed by atoms with van der Waals surface area (Å²) in [6.45, 7) is 0.888. The maximum Gasteiger partial charge on any atom is 0.0467 e. The molecule has 0 aliphatic rings. The third-order valence-electron chi connectivity index (χ3n) is 3.39. The zero-order valence-corrected chi connectivity index (χ0v) is 12.0. The van der Waals surface area contributed by atoms with Gasteiger partial charge in [-0.05, 0) is 48.4 Å². The zero-order valence-electron chi connectivity index (χ0n) is 11.1. The van der Waals surface area contributed by atoms with Crippen molar-refractivity contribution in [2.75, 3.05) is 17.6 Å². The summed E-state index contributed by atoms with van der Waals surface area (Å²) >= 11 is 4.35. The van der Waals surface area contributed by atoms with Crippen molar-refractivity contribution >= 4 is 34.9 Å². The molecule has 0 fully saturated rings. The predicted octanol–water partition coefficient (Wildman–Crippen LogP) is 3.69. The van der Waals surface area contributed by atoms with Crippen LogP contribution < -0.4 is 11.1 Å². The lowest BCUT2D eigenvalue weighted by atomic mass is 10.1. The summed E-state index contributed by atoms with van der Waals surface area (Å²) in [6.07, 6.45) is 3.04. The van der Waals surface area contributed by atoms with Crippen LogP contribution in [0.4, 0.5) is 11.4 Å². The fourth-order valence-corrected chi connectivity index (χ4v) is 2.53. The Morgan fingerprint density at radius 1 is 1.10 bits per heavy atom. The molecule has 3 aromatic rings. The lowest BCUT2D eigenvalue weighted by Crippen LogP contribution is -2.04. The van der Waals surface area contributed by atoms with E-state index in [1.54, 1.807) is 0 Å². The van der Waals surface area contributed by atoms with Crippen molar-refractivity contribution in [1.82, 2.24) is 4.98 Å². The van der Waals surface area contributed by atoms with Gasteiger partial charge in [-0.3, -0.25) is 0 Å². The smallest absolute Gasteiger partial charge is 0.0467 e. The van der Waals surface area contributed by atoms with Crippen molar-refractivity contribution in [2.24, 2.45) is 0 Å². The average Bonchev–Trinajstić information content (AvgIpc) is 2.83. The number of anilines is 2. The second-order valence-corrected chi connectivity index (χ2v) is 5.36. The number of hydrogen-bond donors (Lipinski definition) is 4. The normalized spacial score (nSPS) is 10.8. The summed E-state index contributed by atoms with van der Waals surface area (Å²) in [4.78, 5) is 4.27. The standard InChI is InChI=1S/C16H17N3S/c17-12-1-3-13(4-2-12)18-8-7-11-10-19-16-9-14(20)5-6-15(11)16/h1-6,9-10,18-20H,7-8,17H2. The lowest BCUT2D eigenvalue weighted by Gasteiger charge is -2.06. The molecule has 0 radical (unpaired) electrons. The van der Waals surface area contributed by atoms with Crippen LogP contribution in [0, 0.1) is 0 Å². The van der Waals surface area contributed by atoms with Gasteiger partial charge in [0.25, 0.3) is 0 Å². The fourth-order valence-electron chi connectivity index (χ4n) is 2.32. The molecule has 0 atom stereocenters. The second-order valence-electron chi connectivity index (χ2n) is 4.84. The largest absolute Gasteiger partial charge is 0.399 e. The van der Waals surface area contributed by atoms with E-state index in [1.807, 2.05) is 30.3 Å². The first-order valence-electron chi connectivity index (χ1n) is 6.61. The molecule has 4 N–H and O–H groups in total. The number of fused-ring (bicyclic) bond motifs is 1. The van der Waals surface area contributed by atoms with Crippen LogP contribution in [0.2, 0.25) is 0 Å². The number of nitrogens with two attached hydrogens (primary N) is 1. The Hall–Kier alpha value is -2.07. The minimum atomic E-state index is 0.787. The van der Waals surface area contributed by atoms with Crippen LogP contribution in [0.25, 0.3) is 10.9 Å². The van der Waals surface area contributed by atoms with Gasteiger partial charge in [-0.2, -0.15) is 0 Å². The molecule has 102 valence electrons. The SMILES string of the molecule is Nc1ccc(NCCc2c[nH]c3cc(S)ccc23)cc1. The van der Waals surface area contributed by atoms with E-state index in [0.717, 1.165) is 34.8 Å². The summed E-state index contributed by atoms with van der Waals surface area (Å²) in [7, 11) is 0. The number of nitrogen functional groups attached to an aromatic ring is 1. The van der Waals surface area contributed by atoms with Crippen LogP contribution in [-0.4, -0.2) is 11.5 Å².